The maximum Gasteiger partial charge on any atom is 0.308 e. The Morgan fingerprint density at radius 3 is 2.70 bits per heavy atom. The van der Waals surface area contributed by atoms with E-state index in [0.29, 0.717) is 23.5 Å². The second kappa shape index (κ2) is 5.87. The highest BCUT2D eigenvalue weighted by molar-refractivity contribution is 5.72. The second-order valence-electron chi connectivity index (χ2n) is 5.23. The van der Waals surface area contributed by atoms with E-state index in [1.54, 1.807) is 6.92 Å². The van der Waals surface area contributed by atoms with Gasteiger partial charge in [0.1, 0.15) is 11.6 Å². The van der Waals surface area contributed by atoms with Gasteiger partial charge in [-0.1, -0.05) is 12.8 Å². The molecule has 0 saturated heterocycles. The molecular weight excluding hydrogens is 256 g/mol. The number of hydrogen-bond donors (Lipinski definition) is 2. The largest absolute Gasteiger partial charge is 0.481 e. The maximum atomic E-state index is 11.3. The van der Waals surface area contributed by atoms with Gasteiger partial charge < -0.3 is 10.4 Å². The van der Waals surface area contributed by atoms with Gasteiger partial charge in [-0.05, 0) is 32.3 Å². The van der Waals surface area contributed by atoms with Crippen LogP contribution < -0.4 is 5.32 Å². The number of hydrogen-bond acceptors (Lipinski definition) is 5. The van der Waals surface area contributed by atoms with E-state index in [-0.39, 0.29) is 6.04 Å². The summed E-state index contributed by atoms with van der Waals surface area (Å²) in [6.45, 7) is 3.62. The topological polar surface area (TPSA) is 98.9 Å². The molecule has 0 bridgehead atoms. The van der Waals surface area contributed by atoms with Crippen LogP contribution in [0.3, 0.4) is 0 Å². The summed E-state index contributed by atoms with van der Waals surface area (Å²) in [4.78, 5) is 11.3. The zero-order valence-corrected chi connectivity index (χ0v) is 11.7. The lowest BCUT2D eigenvalue weighted by Crippen LogP contribution is -2.37. The smallest absolute Gasteiger partial charge is 0.308 e. The minimum absolute atomic E-state index is 0.190. The van der Waals surface area contributed by atoms with E-state index in [4.69, 9.17) is 0 Å². The number of carbonyl (C=O) groups is 1. The standard InChI is InChI=1S/C14H18N4O2/c1-8-9(2)17-18-13(11(8)7-15)16-12-6-4-3-5-10(12)14(19)20/h10,12H,3-6H2,1-2H3,(H,16,18)(H,19,20). The van der Waals surface area contributed by atoms with Crippen LogP contribution in [0.4, 0.5) is 5.82 Å². The van der Waals surface area contributed by atoms with E-state index in [1.165, 1.54) is 0 Å². The number of aliphatic carboxylic acids is 1. The molecule has 2 rings (SSSR count). The van der Waals surface area contributed by atoms with E-state index in [9.17, 15) is 15.2 Å². The van der Waals surface area contributed by atoms with Gasteiger partial charge in [0.05, 0.1) is 11.6 Å². The average Bonchev–Trinajstić information content (AvgIpc) is 2.43. The van der Waals surface area contributed by atoms with E-state index in [0.717, 1.165) is 24.8 Å². The van der Waals surface area contributed by atoms with E-state index < -0.39 is 11.9 Å². The highest BCUT2D eigenvalue weighted by atomic mass is 16.4. The third kappa shape index (κ3) is 2.72. The Labute approximate surface area is 117 Å². The molecular formula is C14H18N4O2. The van der Waals surface area contributed by atoms with E-state index in [1.807, 2.05) is 6.92 Å². The molecule has 1 aliphatic carbocycles. The Hall–Kier alpha value is -2.16. The molecule has 20 heavy (non-hydrogen) atoms. The lowest BCUT2D eigenvalue weighted by Gasteiger charge is -2.29. The number of anilines is 1. The normalized spacial score (nSPS) is 22.1. The van der Waals surface area contributed by atoms with E-state index in [2.05, 4.69) is 21.6 Å². The van der Waals surface area contributed by atoms with Crippen molar-refractivity contribution < 1.29 is 9.90 Å². The Morgan fingerprint density at radius 2 is 2.05 bits per heavy atom. The number of aromatic nitrogens is 2. The van der Waals surface area contributed by atoms with Crippen molar-refractivity contribution >= 4 is 11.8 Å². The lowest BCUT2D eigenvalue weighted by molar-refractivity contribution is -0.143. The maximum absolute atomic E-state index is 11.3. The SMILES string of the molecule is Cc1nnc(NC2CCCCC2C(=O)O)c(C#N)c1C. The van der Waals surface area contributed by atoms with Crippen molar-refractivity contribution in [3.8, 4) is 6.07 Å². The van der Waals surface area contributed by atoms with Gasteiger partial charge >= 0.3 is 5.97 Å². The van der Waals surface area contributed by atoms with Crippen LogP contribution in [0.25, 0.3) is 0 Å². The number of carboxylic acids is 1. The molecule has 1 aromatic heterocycles. The Kier molecular flexibility index (Phi) is 4.18. The molecule has 6 nitrogen and oxygen atoms in total. The zero-order valence-electron chi connectivity index (χ0n) is 11.7. The van der Waals surface area contributed by atoms with Gasteiger partial charge in [0, 0.05) is 6.04 Å². The van der Waals surface area contributed by atoms with Crippen LogP contribution >= 0.6 is 0 Å². The van der Waals surface area contributed by atoms with Crippen LogP contribution in [0.5, 0.6) is 0 Å². The summed E-state index contributed by atoms with van der Waals surface area (Å²) in [5.74, 6) is -0.829. The van der Waals surface area contributed by atoms with Gasteiger partial charge in [-0.2, -0.15) is 10.4 Å². The summed E-state index contributed by atoms with van der Waals surface area (Å²) in [6.07, 6.45) is 3.35. The first-order valence-corrected chi connectivity index (χ1v) is 6.78. The zero-order chi connectivity index (χ0) is 14.7. The number of rotatable bonds is 3. The minimum Gasteiger partial charge on any atom is -0.481 e. The van der Waals surface area contributed by atoms with Crippen molar-refractivity contribution in [3.05, 3.63) is 16.8 Å². The summed E-state index contributed by atoms with van der Waals surface area (Å²) < 4.78 is 0. The molecule has 0 spiro atoms. The average molecular weight is 274 g/mol. The number of nitrogens with one attached hydrogen (secondary N) is 1. The monoisotopic (exact) mass is 274 g/mol. The molecule has 6 heteroatoms. The van der Waals surface area contributed by atoms with Gasteiger partial charge in [-0.15, -0.1) is 5.10 Å². The molecule has 1 heterocycles. The van der Waals surface area contributed by atoms with Gasteiger partial charge in [0.15, 0.2) is 5.82 Å². The number of aryl methyl sites for hydroxylation is 1. The molecule has 1 aliphatic rings. The summed E-state index contributed by atoms with van der Waals surface area (Å²) >= 11 is 0. The fourth-order valence-electron chi connectivity index (χ4n) is 2.62. The van der Waals surface area contributed by atoms with Crippen LogP contribution in [-0.2, 0) is 4.79 Å². The number of nitriles is 1. The molecule has 1 saturated carbocycles. The molecule has 2 N–H and O–H groups in total. The molecule has 2 atom stereocenters. The van der Waals surface area contributed by atoms with Crippen LogP contribution in [0.2, 0.25) is 0 Å². The molecule has 2 unspecified atom stereocenters. The number of nitrogens with zero attached hydrogens (tertiary/aromatic N) is 3. The van der Waals surface area contributed by atoms with Crippen molar-refractivity contribution in [1.82, 2.24) is 10.2 Å². The first-order chi connectivity index (χ1) is 9.54. The Bertz CT molecular complexity index is 565. The first kappa shape index (κ1) is 14.3. The predicted octanol–water partition coefficient (Wildman–Crippen LogP) is 2.02. The third-order valence-electron chi connectivity index (χ3n) is 3.97. The number of carboxylic acid groups (broad SMARTS) is 1. The van der Waals surface area contributed by atoms with Crippen LogP contribution in [0, 0.1) is 31.1 Å². The van der Waals surface area contributed by atoms with Crippen molar-refractivity contribution in [2.75, 3.05) is 5.32 Å². The molecule has 1 fully saturated rings. The third-order valence-corrected chi connectivity index (χ3v) is 3.97. The minimum atomic E-state index is -0.794. The molecule has 106 valence electrons. The van der Waals surface area contributed by atoms with Gasteiger partial charge in [0.25, 0.3) is 0 Å². The fraction of sp³-hybridized carbons (Fsp3) is 0.571. The molecule has 1 aromatic rings. The molecule has 0 amide bonds. The van der Waals surface area contributed by atoms with E-state index >= 15 is 0 Å². The van der Waals surface area contributed by atoms with Crippen LogP contribution in [-0.4, -0.2) is 27.3 Å². The summed E-state index contributed by atoms with van der Waals surface area (Å²) in [5.41, 5.74) is 1.95. The molecule has 0 radical (unpaired) electrons. The first-order valence-electron chi connectivity index (χ1n) is 6.78. The van der Waals surface area contributed by atoms with Gasteiger partial charge in [-0.25, -0.2) is 0 Å². The summed E-state index contributed by atoms with van der Waals surface area (Å²) in [7, 11) is 0. The van der Waals surface area contributed by atoms with Crippen LogP contribution in [0.15, 0.2) is 0 Å². The van der Waals surface area contributed by atoms with Crippen molar-refractivity contribution in [2.24, 2.45) is 5.92 Å². The van der Waals surface area contributed by atoms with Crippen molar-refractivity contribution in [3.63, 3.8) is 0 Å². The Balaban J connectivity index is 2.27. The second-order valence-corrected chi connectivity index (χ2v) is 5.23. The quantitative estimate of drug-likeness (QED) is 0.874. The lowest BCUT2D eigenvalue weighted by atomic mass is 9.84. The van der Waals surface area contributed by atoms with Crippen molar-refractivity contribution in [1.29, 1.82) is 5.26 Å². The molecule has 0 aliphatic heterocycles. The van der Waals surface area contributed by atoms with Crippen LogP contribution in [0.1, 0.15) is 42.5 Å². The summed E-state index contributed by atoms with van der Waals surface area (Å²) in [6, 6.07) is 1.94. The van der Waals surface area contributed by atoms with Gasteiger partial charge in [0.2, 0.25) is 0 Å². The highest BCUT2D eigenvalue weighted by Gasteiger charge is 2.31. The highest BCUT2D eigenvalue weighted by Crippen LogP contribution is 2.28. The molecule has 0 aromatic carbocycles. The predicted molar refractivity (Wildman–Crippen MR) is 73.2 cm³/mol. The van der Waals surface area contributed by atoms with Gasteiger partial charge in [-0.3, -0.25) is 4.79 Å². The fourth-order valence-corrected chi connectivity index (χ4v) is 2.62. The summed E-state index contributed by atoms with van der Waals surface area (Å²) in [5, 5.41) is 29.7. The van der Waals surface area contributed by atoms with Crippen molar-refractivity contribution in [2.45, 2.75) is 45.6 Å². The Morgan fingerprint density at radius 1 is 1.35 bits per heavy atom.